The van der Waals surface area contributed by atoms with Crippen molar-refractivity contribution in [2.24, 2.45) is 4.99 Å². The Morgan fingerprint density at radius 1 is 1.04 bits per heavy atom. The molecule has 0 spiro atoms. The van der Waals surface area contributed by atoms with Gasteiger partial charge in [-0.3, -0.25) is 4.79 Å². The molecule has 0 bridgehead atoms. The fourth-order valence-electron chi connectivity index (χ4n) is 2.52. The van der Waals surface area contributed by atoms with Gasteiger partial charge in [0.15, 0.2) is 26.7 Å². The Kier molecular flexibility index (Phi) is 6.16. The number of aryl methyl sites for hydroxylation is 1. The molecular weight excluding hydrogens is 440 g/mol. The molecule has 5 nitrogen and oxygen atoms in total. The number of hydrogen-bond donors (Lipinski definition) is 0. The smallest absolute Gasteiger partial charge is 0.193 e. The Labute approximate surface area is 172 Å². The third-order valence-corrected chi connectivity index (χ3v) is 6.46. The molecule has 3 rings (SSSR count). The molecule has 0 saturated heterocycles. The number of hydrogen-bond acceptors (Lipinski definition) is 5. The van der Waals surface area contributed by atoms with E-state index in [1.54, 1.807) is 60.8 Å². The molecular formula is C21H17BrN2O3S. The molecule has 1 heterocycles. The molecule has 0 saturated carbocycles. The number of carbonyl (C=O) groups excluding carboxylic acids is 1. The van der Waals surface area contributed by atoms with Gasteiger partial charge in [-0.1, -0.05) is 48.0 Å². The van der Waals surface area contributed by atoms with Gasteiger partial charge in [-0.15, -0.1) is 0 Å². The molecule has 0 amide bonds. The highest BCUT2D eigenvalue weighted by molar-refractivity contribution is 9.10. The van der Waals surface area contributed by atoms with E-state index in [0.29, 0.717) is 11.4 Å². The molecule has 0 N–H and O–H groups in total. The topological polar surface area (TPSA) is 76.5 Å². The van der Waals surface area contributed by atoms with Crippen molar-refractivity contribution in [2.75, 3.05) is 0 Å². The molecule has 28 heavy (non-hydrogen) atoms. The summed E-state index contributed by atoms with van der Waals surface area (Å²) in [5.41, 5.74) is 1.23. The van der Waals surface area contributed by atoms with Crippen LogP contribution in [0.2, 0.25) is 0 Å². The van der Waals surface area contributed by atoms with Crippen molar-refractivity contribution in [3.8, 4) is 0 Å². The molecule has 1 unspecified atom stereocenters. The first-order valence-corrected chi connectivity index (χ1v) is 10.8. The summed E-state index contributed by atoms with van der Waals surface area (Å²) < 4.78 is 27.2. The van der Waals surface area contributed by atoms with Gasteiger partial charge < -0.3 is 0 Å². The summed E-state index contributed by atoms with van der Waals surface area (Å²) in [6.45, 7) is 1.86. The zero-order chi connectivity index (χ0) is 20.1. The largest absolute Gasteiger partial charge is 0.292 e. The van der Waals surface area contributed by atoms with Crippen LogP contribution in [-0.4, -0.2) is 30.6 Å². The lowest BCUT2D eigenvalue weighted by molar-refractivity contribution is 0.100. The summed E-state index contributed by atoms with van der Waals surface area (Å²) in [4.78, 5) is 21.3. The molecule has 7 heteroatoms. The second kappa shape index (κ2) is 8.58. The SMILES string of the molecule is Cc1ccc(S(=O)(=O)C(C=Nc2ccc(Br)cn2)C(=O)c2ccccc2)cc1. The highest BCUT2D eigenvalue weighted by atomic mass is 79.9. The number of ketones is 1. The molecule has 1 atom stereocenters. The predicted octanol–water partition coefficient (Wildman–Crippen LogP) is 4.58. The standard InChI is InChI=1S/C21H17BrN2O3S/c1-15-7-10-18(11-8-15)28(26,27)19(21(25)16-5-3-2-4-6-16)14-24-20-12-9-17(22)13-23-20/h2-14,19H,1H3. The second-order valence-electron chi connectivity index (χ2n) is 6.12. The predicted molar refractivity (Wildman–Crippen MR) is 113 cm³/mol. The van der Waals surface area contributed by atoms with Gasteiger partial charge in [0.1, 0.15) is 0 Å². The third kappa shape index (κ3) is 4.61. The van der Waals surface area contributed by atoms with Crippen molar-refractivity contribution in [1.82, 2.24) is 4.98 Å². The van der Waals surface area contributed by atoms with Gasteiger partial charge in [0.25, 0.3) is 0 Å². The number of nitrogens with zero attached hydrogens (tertiary/aromatic N) is 2. The third-order valence-electron chi connectivity index (χ3n) is 4.05. The van der Waals surface area contributed by atoms with Crippen LogP contribution in [0, 0.1) is 6.92 Å². The van der Waals surface area contributed by atoms with Crippen LogP contribution in [0.4, 0.5) is 5.82 Å². The lowest BCUT2D eigenvalue weighted by Gasteiger charge is -2.13. The number of carbonyl (C=O) groups is 1. The van der Waals surface area contributed by atoms with E-state index in [1.165, 1.54) is 12.1 Å². The average molecular weight is 457 g/mol. The van der Waals surface area contributed by atoms with Gasteiger partial charge in [-0.05, 0) is 47.1 Å². The number of Topliss-reactive ketones (excluding diaryl/α,β-unsaturated/α-hetero) is 1. The number of rotatable bonds is 6. The molecule has 0 aliphatic heterocycles. The van der Waals surface area contributed by atoms with E-state index in [4.69, 9.17) is 0 Å². The average Bonchev–Trinajstić information content (AvgIpc) is 2.70. The van der Waals surface area contributed by atoms with Crippen LogP contribution in [-0.2, 0) is 9.84 Å². The minimum absolute atomic E-state index is 0.0718. The van der Waals surface area contributed by atoms with E-state index >= 15 is 0 Å². The first kappa shape index (κ1) is 20.1. The molecule has 0 radical (unpaired) electrons. The Hall–Kier alpha value is -2.64. The maximum atomic E-state index is 13.2. The Morgan fingerprint density at radius 2 is 1.71 bits per heavy atom. The van der Waals surface area contributed by atoms with Crippen LogP contribution in [0.3, 0.4) is 0 Å². The van der Waals surface area contributed by atoms with Crippen molar-refractivity contribution in [2.45, 2.75) is 17.1 Å². The zero-order valence-electron chi connectivity index (χ0n) is 15.0. The number of halogens is 1. The van der Waals surface area contributed by atoms with Crippen molar-refractivity contribution < 1.29 is 13.2 Å². The van der Waals surface area contributed by atoms with Gasteiger partial charge in [0.05, 0.1) is 4.90 Å². The van der Waals surface area contributed by atoms with E-state index < -0.39 is 20.9 Å². The van der Waals surface area contributed by atoms with E-state index in [2.05, 4.69) is 25.9 Å². The van der Waals surface area contributed by atoms with E-state index in [1.807, 2.05) is 6.92 Å². The van der Waals surface area contributed by atoms with E-state index in [0.717, 1.165) is 16.3 Å². The Bertz CT molecular complexity index is 1090. The number of benzene rings is 2. The van der Waals surface area contributed by atoms with Gasteiger partial charge >= 0.3 is 0 Å². The minimum atomic E-state index is -3.98. The van der Waals surface area contributed by atoms with Crippen LogP contribution < -0.4 is 0 Å². The molecule has 1 aromatic heterocycles. The van der Waals surface area contributed by atoms with Crippen LogP contribution in [0.25, 0.3) is 0 Å². The van der Waals surface area contributed by atoms with Crippen LogP contribution >= 0.6 is 15.9 Å². The lowest BCUT2D eigenvalue weighted by atomic mass is 10.1. The molecule has 0 aliphatic carbocycles. The zero-order valence-corrected chi connectivity index (χ0v) is 17.4. The first-order valence-electron chi connectivity index (χ1n) is 8.43. The Morgan fingerprint density at radius 3 is 2.32 bits per heavy atom. The molecule has 2 aromatic carbocycles. The van der Waals surface area contributed by atoms with Crippen molar-refractivity contribution >= 4 is 43.6 Å². The number of aliphatic imine (C=N–C) groups is 1. The normalized spacial score (nSPS) is 12.8. The van der Waals surface area contributed by atoms with Crippen LogP contribution in [0.15, 0.2) is 87.3 Å². The van der Waals surface area contributed by atoms with Crippen molar-refractivity contribution in [1.29, 1.82) is 0 Å². The Balaban J connectivity index is 2.04. The van der Waals surface area contributed by atoms with Gasteiger partial charge in [-0.2, -0.15) is 0 Å². The summed E-state index contributed by atoms with van der Waals surface area (Å²) >= 11 is 3.28. The summed E-state index contributed by atoms with van der Waals surface area (Å²) in [6.07, 6.45) is 2.70. The molecule has 0 fully saturated rings. The number of sulfone groups is 1. The van der Waals surface area contributed by atoms with Crippen molar-refractivity contribution in [3.05, 3.63) is 88.5 Å². The van der Waals surface area contributed by atoms with Crippen LogP contribution in [0.5, 0.6) is 0 Å². The van der Waals surface area contributed by atoms with Crippen LogP contribution in [0.1, 0.15) is 15.9 Å². The molecule has 3 aromatic rings. The van der Waals surface area contributed by atoms with Gasteiger partial charge in [-0.25, -0.2) is 18.4 Å². The van der Waals surface area contributed by atoms with Crippen molar-refractivity contribution in [3.63, 3.8) is 0 Å². The monoisotopic (exact) mass is 456 g/mol. The fraction of sp³-hybridized carbons (Fsp3) is 0.0952. The summed E-state index contributed by atoms with van der Waals surface area (Å²) in [5, 5.41) is -1.46. The summed E-state index contributed by atoms with van der Waals surface area (Å²) in [5.74, 6) is -0.227. The lowest BCUT2D eigenvalue weighted by Crippen LogP contribution is -2.32. The van der Waals surface area contributed by atoms with E-state index in [9.17, 15) is 13.2 Å². The molecule has 0 aliphatic rings. The first-order chi connectivity index (χ1) is 13.4. The number of aromatic nitrogens is 1. The second-order valence-corrected chi connectivity index (χ2v) is 9.11. The molecule has 142 valence electrons. The van der Waals surface area contributed by atoms with Gasteiger partial charge in [0, 0.05) is 22.4 Å². The maximum absolute atomic E-state index is 13.2. The maximum Gasteiger partial charge on any atom is 0.193 e. The quantitative estimate of drug-likeness (QED) is 0.401. The summed E-state index contributed by atoms with van der Waals surface area (Å²) in [6, 6.07) is 18.1. The highest BCUT2D eigenvalue weighted by Gasteiger charge is 2.33. The van der Waals surface area contributed by atoms with E-state index in [-0.39, 0.29) is 4.90 Å². The number of pyridine rings is 1. The highest BCUT2D eigenvalue weighted by Crippen LogP contribution is 2.21. The van der Waals surface area contributed by atoms with Gasteiger partial charge in [0.2, 0.25) is 0 Å². The fourth-order valence-corrected chi connectivity index (χ4v) is 4.20. The minimum Gasteiger partial charge on any atom is -0.292 e. The summed E-state index contributed by atoms with van der Waals surface area (Å²) in [7, 11) is -3.98.